The van der Waals surface area contributed by atoms with E-state index in [-0.39, 0.29) is 23.9 Å². The summed E-state index contributed by atoms with van der Waals surface area (Å²) in [4.78, 5) is 16.3. The highest BCUT2D eigenvalue weighted by molar-refractivity contribution is 5.92. The molecule has 3 N–H and O–H groups in total. The number of aromatic nitrogens is 1. The molecule has 0 radical (unpaired) electrons. The molecular weight excluding hydrogens is 363 g/mol. The van der Waals surface area contributed by atoms with Crippen LogP contribution in [0.2, 0.25) is 0 Å². The Bertz CT molecular complexity index is 937. The molecule has 0 saturated carbocycles. The molecule has 0 spiro atoms. The maximum atomic E-state index is 12.2. The fourth-order valence-corrected chi connectivity index (χ4v) is 2.28. The number of hydrogen-bond donors (Lipinski definition) is 2. The molecule has 1 amide bonds. The van der Waals surface area contributed by atoms with Crippen molar-refractivity contribution in [1.29, 1.82) is 0 Å². The van der Waals surface area contributed by atoms with Crippen LogP contribution in [0.5, 0.6) is 5.75 Å². The van der Waals surface area contributed by atoms with E-state index in [0.717, 1.165) is 0 Å². The third-order valence-corrected chi connectivity index (χ3v) is 3.54. The predicted molar refractivity (Wildman–Crippen MR) is 90.6 cm³/mol. The zero-order valence-electron chi connectivity index (χ0n) is 13.8. The molecule has 0 aliphatic rings. The average Bonchev–Trinajstić information content (AvgIpc) is 3.10. The highest BCUT2D eigenvalue weighted by atomic mass is 19.4. The second-order valence-corrected chi connectivity index (χ2v) is 5.50. The molecule has 9 heteroatoms. The maximum Gasteiger partial charge on any atom is 0.573 e. The molecule has 140 valence electrons. The third kappa shape index (κ3) is 4.78. The molecule has 1 aromatic heterocycles. The number of hydrogen-bond acceptors (Lipinski definition) is 5. The van der Waals surface area contributed by atoms with Gasteiger partial charge < -0.3 is 20.2 Å². The van der Waals surface area contributed by atoms with Crippen LogP contribution in [-0.4, -0.2) is 17.3 Å². The number of nitrogens with two attached hydrogens (primary N) is 1. The summed E-state index contributed by atoms with van der Waals surface area (Å²) < 4.78 is 45.5. The van der Waals surface area contributed by atoms with Gasteiger partial charge in [-0.15, -0.1) is 13.2 Å². The average molecular weight is 377 g/mol. The quantitative estimate of drug-likeness (QED) is 0.661. The number of nitrogens with one attached hydrogen (secondary N) is 1. The van der Waals surface area contributed by atoms with Gasteiger partial charge in [0.2, 0.25) is 5.89 Å². The van der Waals surface area contributed by atoms with Gasteiger partial charge in [0.05, 0.1) is 5.56 Å². The van der Waals surface area contributed by atoms with Crippen molar-refractivity contribution in [1.82, 2.24) is 10.3 Å². The molecule has 0 atom stereocenters. The lowest BCUT2D eigenvalue weighted by Gasteiger charge is -2.09. The molecule has 0 bridgehead atoms. The van der Waals surface area contributed by atoms with Crippen molar-refractivity contribution in [2.75, 3.05) is 5.73 Å². The van der Waals surface area contributed by atoms with Gasteiger partial charge in [0.25, 0.3) is 5.91 Å². The lowest BCUT2D eigenvalue weighted by molar-refractivity contribution is -0.274. The number of halogens is 3. The minimum atomic E-state index is -4.75. The third-order valence-electron chi connectivity index (χ3n) is 3.54. The van der Waals surface area contributed by atoms with Crippen LogP contribution >= 0.6 is 0 Å². The van der Waals surface area contributed by atoms with Crippen molar-refractivity contribution in [3.8, 4) is 17.2 Å². The first-order valence-electron chi connectivity index (χ1n) is 7.75. The normalized spacial score (nSPS) is 11.2. The van der Waals surface area contributed by atoms with E-state index in [1.165, 1.54) is 30.5 Å². The molecule has 3 rings (SSSR count). The molecule has 0 aliphatic carbocycles. The molecule has 27 heavy (non-hydrogen) atoms. The summed E-state index contributed by atoms with van der Waals surface area (Å²) in [5, 5.41) is 2.61. The summed E-state index contributed by atoms with van der Waals surface area (Å²) in [7, 11) is 0. The van der Waals surface area contributed by atoms with Gasteiger partial charge >= 0.3 is 6.36 Å². The second kappa shape index (κ2) is 7.40. The van der Waals surface area contributed by atoms with Crippen molar-refractivity contribution in [3.63, 3.8) is 0 Å². The number of benzene rings is 2. The Labute approximate surface area is 151 Å². The van der Waals surface area contributed by atoms with E-state index < -0.39 is 12.3 Å². The van der Waals surface area contributed by atoms with Gasteiger partial charge in [-0.05, 0) is 29.8 Å². The SMILES string of the molecule is Nc1ccccc1-c1nc(C(=O)NCc2ccc(OC(F)(F)F)cc2)co1. The fraction of sp³-hybridized carbons (Fsp3) is 0.111. The number of nitrogen functional groups attached to an aromatic ring is 1. The molecule has 0 aliphatic heterocycles. The number of anilines is 1. The summed E-state index contributed by atoms with van der Waals surface area (Å²) in [6.45, 7) is 0.0980. The Morgan fingerprint density at radius 3 is 2.52 bits per heavy atom. The smallest absolute Gasteiger partial charge is 0.444 e. The monoisotopic (exact) mass is 377 g/mol. The lowest BCUT2D eigenvalue weighted by Crippen LogP contribution is -2.23. The minimum Gasteiger partial charge on any atom is -0.444 e. The van der Waals surface area contributed by atoms with E-state index in [0.29, 0.717) is 16.8 Å². The molecule has 0 fully saturated rings. The Morgan fingerprint density at radius 2 is 1.85 bits per heavy atom. The summed E-state index contributed by atoms with van der Waals surface area (Å²) in [6.07, 6.45) is -3.54. The van der Waals surface area contributed by atoms with Crippen LogP contribution in [0.1, 0.15) is 16.1 Å². The lowest BCUT2D eigenvalue weighted by atomic mass is 10.2. The van der Waals surface area contributed by atoms with Crippen molar-refractivity contribution < 1.29 is 27.1 Å². The largest absolute Gasteiger partial charge is 0.573 e. The van der Waals surface area contributed by atoms with E-state index in [2.05, 4.69) is 15.0 Å². The number of rotatable bonds is 5. The summed E-state index contributed by atoms with van der Waals surface area (Å²) in [5.74, 6) is -0.610. The van der Waals surface area contributed by atoms with Crippen molar-refractivity contribution >= 4 is 11.6 Å². The summed E-state index contributed by atoms with van der Waals surface area (Å²) in [5.41, 5.74) is 7.53. The van der Waals surface area contributed by atoms with Crippen molar-refractivity contribution in [3.05, 3.63) is 66.1 Å². The summed E-state index contributed by atoms with van der Waals surface area (Å²) >= 11 is 0. The van der Waals surface area contributed by atoms with Crippen LogP contribution in [0.25, 0.3) is 11.5 Å². The van der Waals surface area contributed by atoms with Crippen LogP contribution in [0.3, 0.4) is 0 Å². The first-order valence-corrected chi connectivity index (χ1v) is 7.75. The van der Waals surface area contributed by atoms with Gasteiger partial charge in [0.1, 0.15) is 12.0 Å². The number of nitrogens with zero attached hydrogens (tertiary/aromatic N) is 1. The van der Waals surface area contributed by atoms with Crippen LogP contribution in [0.15, 0.2) is 59.2 Å². The van der Waals surface area contributed by atoms with E-state index >= 15 is 0 Å². The van der Waals surface area contributed by atoms with E-state index in [1.807, 2.05) is 0 Å². The minimum absolute atomic E-state index is 0.0604. The van der Waals surface area contributed by atoms with Gasteiger partial charge in [-0.25, -0.2) is 4.98 Å². The topological polar surface area (TPSA) is 90.4 Å². The number of amides is 1. The first-order chi connectivity index (χ1) is 12.8. The highest BCUT2D eigenvalue weighted by Crippen LogP contribution is 2.25. The van der Waals surface area contributed by atoms with E-state index in [1.54, 1.807) is 24.3 Å². The van der Waals surface area contributed by atoms with Crippen molar-refractivity contribution in [2.45, 2.75) is 12.9 Å². The molecule has 0 unspecified atom stereocenters. The van der Waals surface area contributed by atoms with E-state index in [9.17, 15) is 18.0 Å². The Morgan fingerprint density at radius 1 is 1.15 bits per heavy atom. The molecule has 1 heterocycles. The standard InChI is InChI=1S/C18H14F3N3O3/c19-18(20,21)27-12-7-5-11(6-8-12)9-23-16(25)15-10-26-17(24-15)13-3-1-2-4-14(13)22/h1-8,10H,9,22H2,(H,23,25). The van der Waals surface area contributed by atoms with Crippen LogP contribution in [0, 0.1) is 0 Å². The van der Waals surface area contributed by atoms with Crippen molar-refractivity contribution in [2.24, 2.45) is 0 Å². The van der Waals surface area contributed by atoms with Crippen LogP contribution in [-0.2, 0) is 6.54 Å². The zero-order chi connectivity index (χ0) is 19.4. The molecule has 0 saturated heterocycles. The van der Waals surface area contributed by atoms with Gasteiger partial charge in [0.15, 0.2) is 5.69 Å². The maximum absolute atomic E-state index is 12.2. The second-order valence-electron chi connectivity index (χ2n) is 5.50. The molecule has 3 aromatic rings. The highest BCUT2D eigenvalue weighted by Gasteiger charge is 2.30. The van der Waals surface area contributed by atoms with Crippen LogP contribution < -0.4 is 15.8 Å². The molecular formula is C18H14F3N3O3. The Hall–Kier alpha value is -3.49. The number of alkyl halides is 3. The Balaban J connectivity index is 1.61. The van der Waals surface area contributed by atoms with Gasteiger partial charge in [-0.2, -0.15) is 0 Å². The zero-order valence-corrected chi connectivity index (χ0v) is 13.8. The molecule has 2 aromatic carbocycles. The molecule has 6 nitrogen and oxygen atoms in total. The summed E-state index contributed by atoms with van der Waals surface area (Å²) in [6, 6.07) is 12.1. The number of para-hydroxylation sites is 1. The number of carbonyl (C=O) groups is 1. The fourth-order valence-electron chi connectivity index (χ4n) is 2.28. The van der Waals surface area contributed by atoms with Gasteiger partial charge in [-0.1, -0.05) is 24.3 Å². The van der Waals surface area contributed by atoms with Crippen LogP contribution in [0.4, 0.5) is 18.9 Å². The number of carbonyl (C=O) groups excluding carboxylic acids is 1. The number of ether oxygens (including phenoxy) is 1. The van der Waals surface area contributed by atoms with E-state index in [4.69, 9.17) is 10.2 Å². The first kappa shape index (κ1) is 18.3. The van der Waals surface area contributed by atoms with Gasteiger partial charge in [-0.3, -0.25) is 4.79 Å². The Kier molecular flexibility index (Phi) is 5.02. The number of oxazole rings is 1. The predicted octanol–water partition coefficient (Wildman–Crippen LogP) is 3.75. The van der Waals surface area contributed by atoms with Gasteiger partial charge in [0, 0.05) is 12.2 Å².